The van der Waals surface area contributed by atoms with E-state index in [4.69, 9.17) is 9.47 Å². The molecule has 2 aromatic rings. The van der Waals surface area contributed by atoms with Crippen LogP contribution in [0.25, 0.3) is 0 Å². The van der Waals surface area contributed by atoms with Gasteiger partial charge in [-0.3, -0.25) is 4.79 Å². The van der Waals surface area contributed by atoms with E-state index >= 15 is 0 Å². The van der Waals surface area contributed by atoms with Crippen LogP contribution >= 0.6 is 0 Å². The Morgan fingerprint density at radius 3 is 2.30 bits per heavy atom. The molecule has 0 aliphatic rings. The van der Waals surface area contributed by atoms with Gasteiger partial charge in [-0.15, -0.1) is 0 Å². The van der Waals surface area contributed by atoms with Crippen LogP contribution in [0.1, 0.15) is 26.3 Å². The van der Waals surface area contributed by atoms with E-state index < -0.39 is 23.9 Å². The molecular formula is C20H21NO6. The molecule has 27 heavy (non-hydrogen) atoms. The second-order valence-corrected chi connectivity index (χ2v) is 5.64. The Hall–Kier alpha value is -3.35. The van der Waals surface area contributed by atoms with Crippen LogP contribution in [0.4, 0.5) is 0 Å². The maximum Gasteiger partial charge on any atom is 0.337 e. The summed E-state index contributed by atoms with van der Waals surface area (Å²) in [6.07, 6.45) is 0.194. The topological polar surface area (TPSA) is 90.9 Å². The lowest BCUT2D eigenvalue weighted by molar-refractivity contribution is -0.142. The molecule has 2 rings (SSSR count). The Labute approximate surface area is 157 Å². The summed E-state index contributed by atoms with van der Waals surface area (Å²) >= 11 is 0. The lowest BCUT2D eigenvalue weighted by atomic mass is 10.0. The molecule has 0 aromatic heterocycles. The van der Waals surface area contributed by atoms with E-state index in [1.54, 1.807) is 24.3 Å². The molecule has 0 saturated carbocycles. The number of nitrogens with one attached hydrogen (secondary N) is 1. The molecule has 0 unspecified atom stereocenters. The summed E-state index contributed by atoms with van der Waals surface area (Å²) in [7, 11) is 4.04. The Morgan fingerprint density at radius 2 is 1.63 bits per heavy atom. The van der Waals surface area contributed by atoms with E-state index in [0.29, 0.717) is 5.75 Å². The molecule has 0 spiro atoms. The molecule has 7 nitrogen and oxygen atoms in total. The Kier molecular flexibility index (Phi) is 6.93. The minimum absolute atomic E-state index is 0.194. The van der Waals surface area contributed by atoms with Crippen LogP contribution in [-0.4, -0.2) is 45.2 Å². The van der Waals surface area contributed by atoms with Gasteiger partial charge in [-0.25, -0.2) is 9.59 Å². The predicted molar refractivity (Wildman–Crippen MR) is 97.7 cm³/mol. The van der Waals surface area contributed by atoms with Crippen molar-refractivity contribution >= 4 is 17.8 Å². The van der Waals surface area contributed by atoms with Crippen molar-refractivity contribution in [3.05, 3.63) is 65.2 Å². The highest BCUT2D eigenvalue weighted by atomic mass is 16.5. The molecule has 0 saturated heterocycles. The van der Waals surface area contributed by atoms with Gasteiger partial charge in [-0.05, 0) is 29.8 Å². The zero-order valence-corrected chi connectivity index (χ0v) is 15.4. The number of hydrogen-bond acceptors (Lipinski definition) is 6. The fraction of sp³-hybridized carbons (Fsp3) is 0.250. The number of carbonyl (C=O) groups excluding carboxylic acids is 3. The molecule has 0 heterocycles. The Balaban J connectivity index is 2.22. The highest BCUT2D eigenvalue weighted by molar-refractivity contribution is 5.99. The van der Waals surface area contributed by atoms with Crippen molar-refractivity contribution in [2.24, 2.45) is 0 Å². The minimum atomic E-state index is -0.916. The number of rotatable bonds is 7. The highest BCUT2D eigenvalue weighted by Crippen LogP contribution is 2.19. The lowest BCUT2D eigenvalue weighted by Gasteiger charge is -2.18. The first-order chi connectivity index (χ1) is 13.0. The number of hydrogen-bond donors (Lipinski definition) is 1. The van der Waals surface area contributed by atoms with Crippen LogP contribution in [0.3, 0.4) is 0 Å². The van der Waals surface area contributed by atoms with Gasteiger partial charge in [0.15, 0.2) is 0 Å². The van der Waals surface area contributed by atoms with Crippen LogP contribution in [0.2, 0.25) is 0 Å². The molecule has 0 fully saturated rings. The SMILES string of the molecule is COC(=O)c1cccc(C(=O)N[C@@H](Cc2ccccc2OC)C(=O)OC)c1. The zero-order valence-electron chi connectivity index (χ0n) is 15.4. The van der Waals surface area contributed by atoms with Crippen molar-refractivity contribution in [2.75, 3.05) is 21.3 Å². The largest absolute Gasteiger partial charge is 0.496 e. The molecule has 0 aliphatic heterocycles. The number of carbonyl (C=O) groups is 3. The standard InChI is InChI=1S/C20H21NO6/c1-25-17-10-5-4-7-13(17)12-16(20(24)27-3)21-18(22)14-8-6-9-15(11-14)19(23)26-2/h4-11,16H,12H2,1-3H3,(H,21,22)/t16-/m0/s1. The maximum absolute atomic E-state index is 12.6. The third kappa shape index (κ3) is 5.07. The number of ether oxygens (including phenoxy) is 3. The average molecular weight is 371 g/mol. The average Bonchev–Trinajstić information content (AvgIpc) is 2.72. The van der Waals surface area contributed by atoms with Gasteiger partial charge in [0, 0.05) is 12.0 Å². The summed E-state index contributed by atoms with van der Waals surface area (Å²) in [5.74, 6) is -1.04. The van der Waals surface area contributed by atoms with Gasteiger partial charge in [-0.1, -0.05) is 24.3 Å². The zero-order chi connectivity index (χ0) is 19.8. The van der Waals surface area contributed by atoms with E-state index in [9.17, 15) is 14.4 Å². The van der Waals surface area contributed by atoms with Gasteiger partial charge < -0.3 is 19.5 Å². The van der Waals surface area contributed by atoms with Crippen molar-refractivity contribution in [3.63, 3.8) is 0 Å². The number of para-hydroxylation sites is 1. The first-order valence-electron chi connectivity index (χ1n) is 8.19. The van der Waals surface area contributed by atoms with Crippen molar-refractivity contribution in [3.8, 4) is 5.75 Å². The molecule has 1 atom stereocenters. The summed E-state index contributed by atoms with van der Waals surface area (Å²) < 4.78 is 14.7. The van der Waals surface area contributed by atoms with Gasteiger partial charge in [0.05, 0.1) is 26.9 Å². The van der Waals surface area contributed by atoms with Crippen molar-refractivity contribution in [1.82, 2.24) is 5.32 Å². The molecular weight excluding hydrogens is 350 g/mol. The van der Waals surface area contributed by atoms with Crippen molar-refractivity contribution < 1.29 is 28.6 Å². The quantitative estimate of drug-likeness (QED) is 0.749. The van der Waals surface area contributed by atoms with E-state index in [1.807, 2.05) is 12.1 Å². The molecule has 0 radical (unpaired) electrons. The normalized spacial score (nSPS) is 11.2. The van der Waals surface area contributed by atoms with E-state index in [0.717, 1.165) is 5.56 Å². The second-order valence-electron chi connectivity index (χ2n) is 5.64. The summed E-state index contributed by atoms with van der Waals surface area (Å²) in [5.41, 5.74) is 1.22. The molecule has 0 aliphatic carbocycles. The number of benzene rings is 2. The third-order valence-corrected chi connectivity index (χ3v) is 3.95. The number of amides is 1. The van der Waals surface area contributed by atoms with Crippen LogP contribution in [0.15, 0.2) is 48.5 Å². The summed E-state index contributed by atoms with van der Waals surface area (Å²) in [5, 5.41) is 2.65. The Bertz CT molecular complexity index is 833. The van der Waals surface area contributed by atoms with Crippen LogP contribution < -0.4 is 10.1 Å². The fourth-order valence-corrected chi connectivity index (χ4v) is 2.57. The molecule has 2 aromatic carbocycles. The van der Waals surface area contributed by atoms with Gasteiger partial charge in [-0.2, -0.15) is 0 Å². The molecule has 0 bridgehead atoms. The van der Waals surface area contributed by atoms with E-state index in [-0.39, 0.29) is 17.5 Å². The second kappa shape index (κ2) is 9.38. The molecule has 142 valence electrons. The Morgan fingerprint density at radius 1 is 0.926 bits per heavy atom. The summed E-state index contributed by atoms with van der Waals surface area (Å²) in [4.78, 5) is 36.4. The van der Waals surface area contributed by atoms with E-state index in [2.05, 4.69) is 10.1 Å². The minimum Gasteiger partial charge on any atom is -0.496 e. The molecule has 1 amide bonds. The van der Waals surface area contributed by atoms with Gasteiger partial charge in [0.1, 0.15) is 11.8 Å². The summed E-state index contributed by atoms with van der Waals surface area (Å²) in [6, 6.07) is 12.3. The predicted octanol–water partition coefficient (Wildman–Crippen LogP) is 2.00. The van der Waals surface area contributed by atoms with Crippen LogP contribution in [-0.2, 0) is 20.7 Å². The first-order valence-corrected chi connectivity index (χ1v) is 8.19. The van der Waals surface area contributed by atoms with Gasteiger partial charge >= 0.3 is 11.9 Å². The van der Waals surface area contributed by atoms with Crippen LogP contribution in [0.5, 0.6) is 5.75 Å². The smallest absolute Gasteiger partial charge is 0.337 e. The monoisotopic (exact) mass is 371 g/mol. The first kappa shape index (κ1) is 20.0. The molecule has 7 heteroatoms. The van der Waals surface area contributed by atoms with E-state index in [1.165, 1.54) is 33.5 Å². The maximum atomic E-state index is 12.6. The lowest BCUT2D eigenvalue weighted by Crippen LogP contribution is -2.43. The fourth-order valence-electron chi connectivity index (χ4n) is 2.57. The summed E-state index contributed by atoms with van der Waals surface area (Å²) in [6.45, 7) is 0. The van der Waals surface area contributed by atoms with Gasteiger partial charge in [0.2, 0.25) is 0 Å². The highest BCUT2D eigenvalue weighted by Gasteiger charge is 2.24. The van der Waals surface area contributed by atoms with Crippen molar-refractivity contribution in [1.29, 1.82) is 0 Å². The van der Waals surface area contributed by atoms with Crippen molar-refractivity contribution in [2.45, 2.75) is 12.5 Å². The van der Waals surface area contributed by atoms with Crippen LogP contribution in [0, 0.1) is 0 Å². The molecule has 1 N–H and O–H groups in total. The number of esters is 2. The third-order valence-electron chi connectivity index (χ3n) is 3.95. The van der Waals surface area contributed by atoms with Gasteiger partial charge in [0.25, 0.3) is 5.91 Å². The number of methoxy groups -OCH3 is 3.